The van der Waals surface area contributed by atoms with E-state index in [9.17, 15) is 13.6 Å². The highest BCUT2D eigenvalue weighted by atomic mass is 127. The first-order valence-corrected chi connectivity index (χ1v) is 4.52. The molecule has 1 aromatic carbocycles. The molecule has 0 saturated heterocycles. The molecule has 0 aromatic heterocycles. The van der Waals surface area contributed by atoms with E-state index in [1.807, 2.05) is 22.6 Å². The van der Waals surface area contributed by atoms with Gasteiger partial charge in [0.25, 0.3) is 5.91 Å². The Bertz CT molecular complexity index is 317. The van der Waals surface area contributed by atoms with E-state index in [2.05, 4.69) is 5.32 Å². The zero-order valence-electron chi connectivity index (χ0n) is 6.43. The molecule has 0 heterocycles. The van der Waals surface area contributed by atoms with E-state index in [0.29, 0.717) is 5.69 Å². The highest BCUT2D eigenvalue weighted by Crippen LogP contribution is 2.17. The van der Waals surface area contributed by atoms with Gasteiger partial charge in [-0.1, -0.05) is 12.1 Å². The largest absolute Gasteiger partial charge is 0.320 e. The van der Waals surface area contributed by atoms with Crippen molar-refractivity contribution in [3.63, 3.8) is 0 Å². The summed E-state index contributed by atoms with van der Waals surface area (Å²) in [6.07, 6.45) is -2.98. The summed E-state index contributed by atoms with van der Waals surface area (Å²) in [5.41, 5.74) is 0.411. The van der Waals surface area contributed by atoms with Gasteiger partial charge in [0.1, 0.15) is 0 Å². The number of amides is 1. The topological polar surface area (TPSA) is 29.1 Å². The Morgan fingerprint density at radius 1 is 1.38 bits per heavy atom. The molecule has 0 aliphatic heterocycles. The minimum absolute atomic E-state index is 0.411. The van der Waals surface area contributed by atoms with Crippen LogP contribution in [0.1, 0.15) is 0 Å². The Hall–Kier alpha value is -0.720. The van der Waals surface area contributed by atoms with Crippen LogP contribution in [0.3, 0.4) is 0 Å². The van der Waals surface area contributed by atoms with Crippen molar-refractivity contribution in [1.82, 2.24) is 0 Å². The SMILES string of the molecule is O=C(Nc1ccccc1I)C(F)F. The minimum Gasteiger partial charge on any atom is -0.320 e. The lowest BCUT2D eigenvalue weighted by molar-refractivity contribution is -0.126. The number of hydrogen-bond donors (Lipinski definition) is 1. The monoisotopic (exact) mass is 297 g/mol. The second kappa shape index (κ2) is 4.50. The van der Waals surface area contributed by atoms with E-state index < -0.39 is 12.3 Å². The van der Waals surface area contributed by atoms with Crippen LogP contribution in [0.5, 0.6) is 0 Å². The molecular weight excluding hydrogens is 291 g/mol. The third kappa shape index (κ3) is 2.91. The van der Waals surface area contributed by atoms with E-state index in [-0.39, 0.29) is 0 Å². The van der Waals surface area contributed by atoms with Gasteiger partial charge in [0, 0.05) is 3.57 Å². The van der Waals surface area contributed by atoms with Gasteiger partial charge in [0.2, 0.25) is 0 Å². The number of benzene rings is 1. The molecule has 2 nitrogen and oxygen atoms in total. The van der Waals surface area contributed by atoms with Crippen molar-refractivity contribution in [3.8, 4) is 0 Å². The molecule has 0 radical (unpaired) electrons. The quantitative estimate of drug-likeness (QED) is 0.835. The van der Waals surface area contributed by atoms with E-state index in [1.165, 1.54) is 0 Å². The Labute approximate surface area is 87.5 Å². The van der Waals surface area contributed by atoms with Crippen molar-refractivity contribution in [1.29, 1.82) is 0 Å². The van der Waals surface area contributed by atoms with Crippen LogP contribution in [-0.2, 0) is 4.79 Å². The van der Waals surface area contributed by atoms with E-state index in [4.69, 9.17) is 0 Å². The molecule has 1 amide bonds. The average Bonchev–Trinajstić information content (AvgIpc) is 2.08. The smallest absolute Gasteiger partial charge is 0.315 e. The van der Waals surface area contributed by atoms with Crippen LogP contribution < -0.4 is 5.32 Å². The van der Waals surface area contributed by atoms with Crippen molar-refractivity contribution in [2.45, 2.75) is 6.43 Å². The Morgan fingerprint density at radius 3 is 2.54 bits per heavy atom. The molecule has 0 aliphatic carbocycles. The van der Waals surface area contributed by atoms with Crippen LogP contribution in [0.2, 0.25) is 0 Å². The molecule has 0 bridgehead atoms. The van der Waals surface area contributed by atoms with Crippen LogP contribution >= 0.6 is 22.6 Å². The summed E-state index contributed by atoms with van der Waals surface area (Å²) in [5.74, 6) is -1.27. The van der Waals surface area contributed by atoms with Crippen LogP contribution in [-0.4, -0.2) is 12.3 Å². The summed E-state index contributed by atoms with van der Waals surface area (Å²) in [6.45, 7) is 0. The van der Waals surface area contributed by atoms with Gasteiger partial charge in [0.15, 0.2) is 0 Å². The van der Waals surface area contributed by atoms with Gasteiger partial charge >= 0.3 is 6.43 Å². The summed E-state index contributed by atoms with van der Waals surface area (Å²) in [6, 6.07) is 6.73. The van der Waals surface area contributed by atoms with Crippen LogP contribution in [0.4, 0.5) is 14.5 Å². The Kier molecular flexibility index (Phi) is 3.58. The van der Waals surface area contributed by atoms with Gasteiger partial charge in [-0.05, 0) is 34.7 Å². The highest BCUT2D eigenvalue weighted by Gasteiger charge is 2.15. The lowest BCUT2D eigenvalue weighted by Gasteiger charge is -2.05. The van der Waals surface area contributed by atoms with Crippen LogP contribution in [0.25, 0.3) is 0 Å². The van der Waals surface area contributed by atoms with Crippen molar-refractivity contribution in [3.05, 3.63) is 27.8 Å². The molecule has 1 aromatic rings. The van der Waals surface area contributed by atoms with Crippen molar-refractivity contribution in [2.75, 3.05) is 5.32 Å². The van der Waals surface area contributed by atoms with Crippen molar-refractivity contribution in [2.24, 2.45) is 0 Å². The average molecular weight is 297 g/mol. The molecule has 0 unspecified atom stereocenters. The summed E-state index contributed by atoms with van der Waals surface area (Å²) in [4.78, 5) is 10.6. The number of alkyl halides is 2. The first kappa shape index (κ1) is 10.4. The van der Waals surface area contributed by atoms with Gasteiger partial charge in [-0.2, -0.15) is 8.78 Å². The standard InChI is InChI=1S/C8H6F2INO/c9-7(10)8(13)12-6-4-2-1-3-5(6)11/h1-4,7H,(H,12,13). The summed E-state index contributed by atoms with van der Waals surface area (Å²) >= 11 is 1.96. The maximum atomic E-state index is 11.8. The third-order valence-electron chi connectivity index (χ3n) is 1.33. The number of anilines is 1. The normalized spacial score (nSPS) is 10.2. The van der Waals surface area contributed by atoms with Gasteiger partial charge in [-0.15, -0.1) is 0 Å². The fourth-order valence-corrected chi connectivity index (χ4v) is 1.27. The number of halogens is 3. The first-order valence-electron chi connectivity index (χ1n) is 3.45. The zero-order valence-corrected chi connectivity index (χ0v) is 8.59. The van der Waals surface area contributed by atoms with Crippen LogP contribution in [0.15, 0.2) is 24.3 Å². The number of nitrogens with one attached hydrogen (secondary N) is 1. The molecule has 0 saturated carbocycles. The Balaban J connectivity index is 2.75. The molecule has 1 rings (SSSR count). The van der Waals surface area contributed by atoms with Gasteiger partial charge in [-0.25, -0.2) is 0 Å². The second-order valence-corrected chi connectivity index (χ2v) is 3.43. The minimum atomic E-state index is -2.98. The molecule has 0 atom stereocenters. The maximum Gasteiger partial charge on any atom is 0.315 e. The van der Waals surface area contributed by atoms with E-state index in [1.54, 1.807) is 24.3 Å². The maximum absolute atomic E-state index is 11.8. The zero-order chi connectivity index (χ0) is 9.84. The molecule has 5 heteroatoms. The first-order chi connectivity index (χ1) is 6.11. The molecule has 70 valence electrons. The van der Waals surface area contributed by atoms with Crippen LogP contribution in [0, 0.1) is 3.57 Å². The fourth-order valence-electron chi connectivity index (χ4n) is 0.750. The highest BCUT2D eigenvalue weighted by molar-refractivity contribution is 14.1. The van der Waals surface area contributed by atoms with Crippen molar-refractivity contribution >= 4 is 34.2 Å². The number of carbonyl (C=O) groups excluding carboxylic acids is 1. The van der Waals surface area contributed by atoms with E-state index >= 15 is 0 Å². The molecule has 13 heavy (non-hydrogen) atoms. The predicted octanol–water partition coefficient (Wildman–Crippen LogP) is 2.49. The summed E-state index contributed by atoms with van der Waals surface area (Å²) < 4.78 is 24.4. The van der Waals surface area contributed by atoms with Gasteiger partial charge in [-0.3, -0.25) is 4.79 Å². The lowest BCUT2D eigenvalue weighted by atomic mass is 10.3. The number of rotatable bonds is 2. The van der Waals surface area contributed by atoms with Crippen molar-refractivity contribution < 1.29 is 13.6 Å². The predicted molar refractivity (Wildman–Crippen MR) is 53.8 cm³/mol. The summed E-state index contributed by atoms with van der Waals surface area (Å²) in [7, 11) is 0. The summed E-state index contributed by atoms with van der Waals surface area (Å²) in [5, 5.41) is 2.11. The molecule has 1 N–H and O–H groups in total. The fraction of sp³-hybridized carbons (Fsp3) is 0.125. The number of hydrogen-bond acceptors (Lipinski definition) is 1. The van der Waals surface area contributed by atoms with Gasteiger partial charge in [0.05, 0.1) is 5.69 Å². The van der Waals surface area contributed by atoms with E-state index in [0.717, 1.165) is 3.57 Å². The number of para-hydroxylation sites is 1. The molecule has 0 fully saturated rings. The number of carbonyl (C=O) groups is 1. The van der Waals surface area contributed by atoms with Gasteiger partial charge < -0.3 is 5.32 Å². The second-order valence-electron chi connectivity index (χ2n) is 2.27. The third-order valence-corrected chi connectivity index (χ3v) is 2.27. The molecule has 0 spiro atoms. The lowest BCUT2D eigenvalue weighted by Crippen LogP contribution is -2.20. The Morgan fingerprint density at radius 2 is 2.00 bits per heavy atom. The molecule has 0 aliphatic rings. The molecular formula is C8H6F2INO.